The monoisotopic (exact) mass is 342 g/mol. The largest absolute Gasteiger partial charge is 2.00 e. The van der Waals surface area contributed by atoms with Gasteiger partial charge < -0.3 is 32.5 Å². The van der Waals surface area contributed by atoms with E-state index in [0.29, 0.717) is 0 Å². The third-order valence-corrected chi connectivity index (χ3v) is 0. The van der Waals surface area contributed by atoms with Crippen LogP contribution in [0.5, 0.6) is 0 Å². The van der Waals surface area contributed by atoms with E-state index in [2.05, 4.69) is 0 Å². The fourth-order valence-corrected chi connectivity index (χ4v) is 0. The van der Waals surface area contributed by atoms with Crippen molar-refractivity contribution in [2.45, 2.75) is 0 Å². The Hall–Kier alpha value is 0.408. The molecule has 0 saturated carbocycles. The minimum Gasteiger partial charge on any atom is -0.693 e. The van der Waals surface area contributed by atoms with Crippen LogP contribution in [0.2, 0.25) is 0 Å². The van der Waals surface area contributed by atoms with Gasteiger partial charge in [0.05, 0.1) is 0 Å². The third kappa shape index (κ3) is 2770. The Bertz CT molecular complexity index is 38.2. The second kappa shape index (κ2) is 115. The summed E-state index contributed by atoms with van der Waals surface area (Å²) in [6.45, 7) is 0. The summed E-state index contributed by atoms with van der Waals surface area (Å²) in [5.41, 5.74) is 0. The van der Waals surface area contributed by atoms with Gasteiger partial charge in [-0.15, -0.1) is 10.7 Å². The molecule has 0 unspecified atom stereocenters. The van der Waals surface area contributed by atoms with Crippen LogP contribution in [0.15, 0.2) is 10.7 Å². The number of hydrogen-bond donors (Lipinski definition) is 0. The summed E-state index contributed by atoms with van der Waals surface area (Å²) in [5, 5.41) is 18.0. The van der Waals surface area contributed by atoms with Crippen LogP contribution in [0.1, 0.15) is 0 Å². The number of hydrogen-bond acceptors (Lipinski definition) is 6. The fourth-order valence-electron chi connectivity index (χ4n) is 0. The Morgan fingerprint density at radius 3 is 0.900 bits per heavy atom. The van der Waals surface area contributed by atoms with E-state index in [4.69, 9.17) is 20.2 Å². The van der Waals surface area contributed by atoms with E-state index in [1.165, 1.54) is 0 Å². The molecule has 61 valence electrons. The van der Waals surface area contributed by atoms with Gasteiger partial charge in [0.25, 0.3) is 0 Å². The first-order chi connectivity index (χ1) is 2.83. The molecular weight excluding hydrogens is 338 g/mol. The Kier molecular flexibility index (Phi) is 544. The summed E-state index contributed by atoms with van der Waals surface area (Å²) >= 11 is 0. The van der Waals surface area contributed by atoms with Crippen molar-refractivity contribution in [2.24, 2.45) is 10.7 Å². The minimum atomic E-state index is 0. The van der Waals surface area contributed by atoms with Crippen molar-refractivity contribution in [3.05, 3.63) is 32.5 Å². The van der Waals surface area contributed by atoms with Gasteiger partial charge in [-0.25, -0.2) is 0 Å². The average molecular weight is 342 g/mol. The molecule has 0 fully saturated rings. The van der Waals surface area contributed by atoms with Gasteiger partial charge >= 0.3 is 21.1 Å². The zero-order valence-electron chi connectivity index (χ0n) is 5.00. The first-order valence-corrected chi connectivity index (χ1v) is 0.730. The molecule has 0 rings (SSSR count). The first-order valence-electron chi connectivity index (χ1n) is 0.730. The summed E-state index contributed by atoms with van der Waals surface area (Å²) < 4.78 is 0. The molecule has 0 saturated heterocycles. The predicted octanol–water partition coefficient (Wildman–Crippen LogP) is 1.55. The Morgan fingerprint density at radius 2 is 0.900 bits per heavy atom. The molecule has 0 aliphatic carbocycles. The zero-order chi connectivity index (χ0) is 5.41. The van der Waals surface area contributed by atoms with Crippen LogP contribution in [-0.2, 0) is 21.1 Å². The SMILES string of the molecule is O=N[O-].O=N[O-].[NH2-].[NH2-].[Na].[Pt+2]. The van der Waals surface area contributed by atoms with E-state index in [-0.39, 0.29) is 62.9 Å². The van der Waals surface area contributed by atoms with Crippen molar-refractivity contribution in [1.29, 1.82) is 0 Å². The van der Waals surface area contributed by atoms with E-state index >= 15 is 0 Å². The van der Waals surface area contributed by atoms with Gasteiger partial charge in [-0.2, -0.15) is 0 Å². The molecule has 4 N–H and O–H groups in total. The molecule has 0 spiro atoms. The Morgan fingerprint density at radius 1 is 0.900 bits per heavy atom. The summed E-state index contributed by atoms with van der Waals surface area (Å²) in [4.78, 5) is 16.0. The van der Waals surface area contributed by atoms with Crippen LogP contribution in [0.3, 0.4) is 0 Å². The standard InChI is InChI=1S/2HNO2.2H2N.Na.Pt/c2*2-1-3;;;;/h2*(H,2,3);2*1H2;;/q;;2*-1;;+2/p-2. The van der Waals surface area contributed by atoms with Crippen LogP contribution in [0.4, 0.5) is 0 Å². The van der Waals surface area contributed by atoms with Gasteiger partial charge in [0.1, 0.15) is 0 Å². The first kappa shape index (κ1) is 47.4. The van der Waals surface area contributed by atoms with Crippen LogP contribution in [-0.4, -0.2) is 29.6 Å². The number of nitrogens with two attached hydrogens (primary N) is 2. The van der Waals surface area contributed by atoms with Crippen molar-refractivity contribution < 1.29 is 21.1 Å². The maximum absolute atomic E-state index is 8.00. The van der Waals surface area contributed by atoms with Crippen molar-refractivity contribution in [3.63, 3.8) is 0 Å². The Balaban J connectivity index is -0.00000000571. The molecule has 10 heavy (non-hydrogen) atoms. The maximum Gasteiger partial charge on any atom is 2.00 e. The molecule has 0 aliphatic heterocycles. The van der Waals surface area contributed by atoms with E-state index in [1.54, 1.807) is 0 Å². The van der Waals surface area contributed by atoms with Gasteiger partial charge in [-0.05, 0) is 0 Å². The molecule has 0 amide bonds. The summed E-state index contributed by atoms with van der Waals surface area (Å²) in [7, 11) is 0. The number of nitrogens with zero attached hydrogens (tertiary/aromatic N) is 2. The van der Waals surface area contributed by atoms with Crippen LogP contribution >= 0.6 is 0 Å². The smallest absolute Gasteiger partial charge is 0.693 e. The summed E-state index contributed by atoms with van der Waals surface area (Å²) in [6, 6.07) is 0. The molecule has 0 aliphatic rings. The third-order valence-electron chi connectivity index (χ3n) is 0. The van der Waals surface area contributed by atoms with Gasteiger partial charge in [0.2, 0.25) is 0 Å². The minimum absolute atomic E-state index is 0. The van der Waals surface area contributed by atoms with Crippen LogP contribution < -0.4 is 0 Å². The molecule has 0 aromatic heterocycles. The van der Waals surface area contributed by atoms with Crippen molar-refractivity contribution in [2.75, 3.05) is 0 Å². The summed E-state index contributed by atoms with van der Waals surface area (Å²) in [6.07, 6.45) is 0. The van der Waals surface area contributed by atoms with E-state index in [9.17, 15) is 0 Å². The average Bonchev–Trinajstić information content (AvgIpc) is 1.39. The molecule has 8 nitrogen and oxygen atoms in total. The van der Waals surface area contributed by atoms with E-state index in [1.807, 2.05) is 0 Å². The van der Waals surface area contributed by atoms with Gasteiger partial charge in [0.15, 0.2) is 0 Å². The topological polar surface area (TPSA) is 172 Å². The predicted molar refractivity (Wildman–Crippen MR) is 34.6 cm³/mol. The molecule has 10 heteroatoms. The zero-order valence-corrected chi connectivity index (χ0v) is 9.27. The van der Waals surface area contributed by atoms with Crippen LogP contribution in [0, 0.1) is 20.2 Å². The molecule has 0 aromatic rings. The normalized spacial score (nSPS) is 2.40. The maximum atomic E-state index is 8.00. The van der Waals surface area contributed by atoms with Gasteiger partial charge in [-0.3, -0.25) is 0 Å². The molecule has 0 atom stereocenters. The molecule has 0 heterocycles. The van der Waals surface area contributed by atoms with E-state index < -0.39 is 0 Å². The second-order valence-electron chi connectivity index (χ2n) is 0.149. The quantitative estimate of drug-likeness (QED) is 0.369. The van der Waals surface area contributed by atoms with E-state index in [0.717, 1.165) is 10.7 Å². The van der Waals surface area contributed by atoms with Crippen molar-refractivity contribution in [1.82, 2.24) is 0 Å². The Labute approximate surface area is 93.3 Å². The van der Waals surface area contributed by atoms with Gasteiger partial charge in [0, 0.05) is 29.6 Å². The molecular formula is H4N4NaO4Pt-2. The number of rotatable bonds is 0. The van der Waals surface area contributed by atoms with Crippen LogP contribution in [0.25, 0.3) is 12.3 Å². The second-order valence-corrected chi connectivity index (χ2v) is 0.149. The fraction of sp³-hybridized carbons (Fsp3) is 0. The van der Waals surface area contributed by atoms with Crippen molar-refractivity contribution in [3.8, 4) is 0 Å². The molecule has 1 radical (unpaired) electrons. The molecule has 0 aromatic carbocycles. The van der Waals surface area contributed by atoms with Crippen molar-refractivity contribution >= 4 is 29.6 Å². The van der Waals surface area contributed by atoms with Gasteiger partial charge in [-0.1, -0.05) is 0 Å². The summed E-state index contributed by atoms with van der Waals surface area (Å²) in [5.74, 6) is 0. The molecule has 0 bridgehead atoms.